The summed E-state index contributed by atoms with van der Waals surface area (Å²) in [6.45, 7) is 5.67. The number of nitrogens with zero attached hydrogens (tertiary/aromatic N) is 1. The number of amides is 2. The van der Waals surface area contributed by atoms with Gasteiger partial charge in [0, 0.05) is 10.4 Å². The van der Waals surface area contributed by atoms with Crippen molar-refractivity contribution in [3.63, 3.8) is 0 Å². The van der Waals surface area contributed by atoms with Crippen LogP contribution in [0.5, 0.6) is 0 Å². The molecule has 0 bridgehead atoms. The van der Waals surface area contributed by atoms with Gasteiger partial charge in [0.1, 0.15) is 0 Å². The molecule has 1 aromatic carbocycles. The van der Waals surface area contributed by atoms with Crippen LogP contribution in [0.4, 0.5) is 5.13 Å². The summed E-state index contributed by atoms with van der Waals surface area (Å²) >= 11 is 1.42. The first-order chi connectivity index (χ1) is 9.95. The summed E-state index contributed by atoms with van der Waals surface area (Å²) in [5.41, 5.74) is 2.45. The highest BCUT2D eigenvalue weighted by Gasteiger charge is 2.10. The Morgan fingerprint density at radius 3 is 2.62 bits per heavy atom. The Kier molecular flexibility index (Phi) is 4.70. The van der Waals surface area contributed by atoms with E-state index in [2.05, 4.69) is 15.6 Å². The van der Waals surface area contributed by atoms with Gasteiger partial charge < -0.3 is 10.6 Å². The van der Waals surface area contributed by atoms with Crippen molar-refractivity contribution in [2.45, 2.75) is 20.8 Å². The lowest BCUT2D eigenvalue weighted by molar-refractivity contribution is -0.115. The fraction of sp³-hybridized carbons (Fsp3) is 0.267. The SMILES string of the molecule is Cc1cccc(C(=O)NCC(=O)Nc2nc(C)c(C)s2)c1. The molecule has 5 nitrogen and oxygen atoms in total. The Bertz CT molecular complexity index is 660. The second-order valence-electron chi connectivity index (χ2n) is 4.76. The standard InChI is InChI=1S/C15H17N3O2S/c1-9-5-4-6-12(7-9)14(20)16-8-13(19)18-15-17-10(2)11(3)21-15/h4-7H,8H2,1-3H3,(H,16,20)(H,17,18,19). The minimum absolute atomic E-state index is 0.0789. The maximum Gasteiger partial charge on any atom is 0.251 e. The zero-order chi connectivity index (χ0) is 15.4. The number of nitrogens with one attached hydrogen (secondary N) is 2. The van der Waals surface area contributed by atoms with Crippen molar-refractivity contribution in [2.75, 3.05) is 11.9 Å². The third-order valence-corrected chi connectivity index (χ3v) is 3.95. The second kappa shape index (κ2) is 6.49. The number of thiazole rings is 1. The van der Waals surface area contributed by atoms with E-state index in [9.17, 15) is 9.59 Å². The predicted molar refractivity (Wildman–Crippen MR) is 83.7 cm³/mol. The van der Waals surface area contributed by atoms with Crippen molar-refractivity contribution >= 4 is 28.3 Å². The largest absolute Gasteiger partial charge is 0.343 e. The quantitative estimate of drug-likeness (QED) is 0.911. The summed E-state index contributed by atoms with van der Waals surface area (Å²) in [6.07, 6.45) is 0. The summed E-state index contributed by atoms with van der Waals surface area (Å²) < 4.78 is 0. The first-order valence-electron chi connectivity index (χ1n) is 6.54. The van der Waals surface area contributed by atoms with E-state index in [1.54, 1.807) is 12.1 Å². The Labute approximate surface area is 127 Å². The highest BCUT2D eigenvalue weighted by molar-refractivity contribution is 7.15. The molecule has 0 fully saturated rings. The number of hydrogen-bond acceptors (Lipinski definition) is 4. The van der Waals surface area contributed by atoms with Gasteiger partial charge in [-0.25, -0.2) is 4.98 Å². The number of rotatable bonds is 4. The molecule has 2 aromatic rings. The number of carbonyl (C=O) groups is 2. The molecule has 0 atom stereocenters. The topological polar surface area (TPSA) is 71.1 Å². The Balaban J connectivity index is 1.87. The molecule has 6 heteroatoms. The molecule has 21 heavy (non-hydrogen) atoms. The Morgan fingerprint density at radius 2 is 2.00 bits per heavy atom. The maximum absolute atomic E-state index is 11.9. The lowest BCUT2D eigenvalue weighted by atomic mass is 10.1. The van der Waals surface area contributed by atoms with Crippen molar-refractivity contribution in [3.8, 4) is 0 Å². The maximum atomic E-state index is 11.9. The summed E-state index contributed by atoms with van der Waals surface area (Å²) in [6, 6.07) is 7.22. The van der Waals surface area contributed by atoms with Gasteiger partial charge in [-0.2, -0.15) is 0 Å². The zero-order valence-electron chi connectivity index (χ0n) is 12.2. The molecule has 1 heterocycles. The summed E-state index contributed by atoms with van der Waals surface area (Å²) in [4.78, 5) is 29.0. The van der Waals surface area contributed by atoms with E-state index < -0.39 is 0 Å². The molecule has 0 aliphatic carbocycles. The molecule has 0 aliphatic heterocycles. The smallest absolute Gasteiger partial charge is 0.251 e. The molecule has 2 N–H and O–H groups in total. The van der Waals surface area contributed by atoms with Gasteiger partial charge >= 0.3 is 0 Å². The second-order valence-corrected chi connectivity index (χ2v) is 5.96. The van der Waals surface area contributed by atoms with E-state index in [-0.39, 0.29) is 18.4 Å². The van der Waals surface area contributed by atoms with Crippen LogP contribution in [0.1, 0.15) is 26.5 Å². The third-order valence-electron chi connectivity index (χ3n) is 2.96. The van der Waals surface area contributed by atoms with Crippen molar-refractivity contribution in [1.82, 2.24) is 10.3 Å². The monoisotopic (exact) mass is 303 g/mol. The number of carbonyl (C=O) groups excluding carboxylic acids is 2. The van der Waals surface area contributed by atoms with E-state index in [1.165, 1.54) is 11.3 Å². The predicted octanol–water partition coefficient (Wildman–Crippen LogP) is 2.44. The minimum Gasteiger partial charge on any atom is -0.343 e. The fourth-order valence-electron chi connectivity index (χ4n) is 1.74. The fourth-order valence-corrected chi connectivity index (χ4v) is 2.57. The van der Waals surface area contributed by atoms with Crippen LogP contribution in [0.15, 0.2) is 24.3 Å². The number of aryl methyl sites for hydroxylation is 3. The van der Waals surface area contributed by atoms with Crippen molar-refractivity contribution in [1.29, 1.82) is 0 Å². The highest BCUT2D eigenvalue weighted by atomic mass is 32.1. The van der Waals surface area contributed by atoms with E-state index in [4.69, 9.17) is 0 Å². The number of benzene rings is 1. The molecule has 0 aliphatic rings. The number of anilines is 1. The Hall–Kier alpha value is -2.21. The molecule has 2 rings (SSSR count). The lowest BCUT2D eigenvalue weighted by Gasteiger charge is -2.05. The van der Waals surface area contributed by atoms with Crippen LogP contribution >= 0.6 is 11.3 Å². The van der Waals surface area contributed by atoms with Crippen LogP contribution in [0.25, 0.3) is 0 Å². The summed E-state index contributed by atoms with van der Waals surface area (Å²) in [5, 5.41) is 5.82. The van der Waals surface area contributed by atoms with Gasteiger partial charge in [0.25, 0.3) is 5.91 Å². The molecule has 0 spiro atoms. The highest BCUT2D eigenvalue weighted by Crippen LogP contribution is 2.20. The van der Waals surface area contributed by atoms with E-state index in [0.29, 0.717) is 10.7 Å². The lowest BCUT2D eigenvalue weighted by Crippen LogP contribution is -2.32. The third kappa shape index (κ3) is 4.13. The molecular weight excluding hydrogens is 286 g/mol. The van der Waals surface area contributed by atoms with Crippen LogP contribution in [0.2, 0.25) is 0 Å². The van der Waals surface area contributed by atoms with Gasteiger partial charge in [0.05, 0.1) is 12.2 Å². The number of aromatic nitrogens is 1. The molecule has 2 amide bonds. The molecule has 0 saturated heterocycles. The molecule has 0 saturated carbocycles. The van der Waals surface area contributed by atoms with Crippen LogP contribution in [0.3, 0.4) is 0 Å². The normalized spacial score (nSPS) is 10.2. The van der Waals surface area contributed by atoms with Crippen molar-refractivity contribution in [3.05, 3.63) is 46.0 Å². The van der Waals surface area contributed by atoms with Gasteiger partial charge in [-0.1, -0.05) is 17.7 Å². The van der Waals surface area contributed by atoms with Crippen molar-refractivity contribution in [2.24, 2.45) is 0 Å². The Morgan fingerprint density at radius 1 is 1.24 bits per heavy atom. The van der Waals surface area contributed by atoms with Crippen LogP contribution < -0.4 is 10.6 Å². The van der Waals surface area contributed by atoms with Gasteiger partial charge in [0.2, 0.25) is 5.91 Å². The zero-order valence-corrected chi connectivity index (χ0v) is 13.0. The molecular formula is C15H17N3O2S. The van der Waals surface area contributed by atoms with Gasteiger partial charge in [0.15, 0.2) is 5.13 Å². The first kappa shape index (κ1) is 15.2. The average Bonchev–Trinajstić information content (AvgIpc) is 2.74. The molecule has 1 aromatic heterocycles. The van der Waals surface area contributed by atoms with Gasteiger partial charge in [-0.15, -0.1) is 11.3 Å². The van der Waals surface area contributed by atoms with Crippen LogP contribution in [-0.2, 0) is 4.79 Å². The van der Waals surface area contributed by atoms with Crippen LogP contribution in [-0.4, -0.2) is 23.3 Å². The molecule has 0 unspecified atom stereocenters. The molecule has 0 radical (unpaired) electrons. The minimum atomic E-state index is -0.287. The van der Waals surface area contributed by atoms with E-state index in [1.807, 2.05) is 32.9 Å². The average molecular weight is 303 g/mol. The number of hydrogen-bond donors (Lipinski definition) is 2. The first-order valence-corrected chi connectivity index (χ1v) is 7.36. The van der Waals surface area contributed by atoms with Crippen LogP contribution in [0, 0.1) is 20.8 Å². The van der Waals surface area contributed by atoms with Gasteiger partial charge in [-0.3, -0.25) is 9.59 Å². The van der Waals surface area contributed by atoms with E-state index in [0.717, 1.165) is 16.1 Å². The van der Waals surface area contributed by atoms with E-state index >= 15 is 0 Å². The molecule has 110 valence electrons. The summed E-state index contributed by atoms with van der Waals surface area (Å²) in [7, 11) is 0. The van der Waals surface area contributed by atoms with Crippen molar-refractivity contribution < 1.29 is 9.59 Å². The van der Waals surface area contributed by atoms with Gasteiger partial charge in [-0.05, 0) is 32.9 Å². The summed E-state index contributed by atoms with van der Waals surface area (Å²) in [5.74, 6) is -0.551.